The lowest BCUT2D eigenvalue weighted by Gasteiger charge is -2.08. The molecule has 0 aliphatic carbocycles. The molecule has 1 amide bonds. The molecule has 3 aromatic rings. The summed E-state index contributed by atoms with van der Waals surface area (Å²) in [6, 6.07) is 10.1. The van der Waals surface area contributed by atoms with Gasteiger partial charge in [-0.3, -0.25) is 4.79 Å². The molecule has 0 spiro atoms. The zero-order chi connectivity index (χ0) is 19.7. The number of carbonyl (C=O) groups excluding carboxylic acids is 1. The normalized spacial score (nSPS) is 12.8. The Bertz CT molecular complexity index is 1030. The van der Waals surface area contributed by atoms with E-state index in [1.807, 2.05) is 6.07 Å². The second-order valence-electron chi connectivity index (χ2n) is 6.03. The first kappa shape index (κ1) is 18.3. The molecule has 0 radical (unpaired) electrons. The molecule has 1 aromatic heterocycles. The van der Waals surface area contributed by atoms with Crippen LogP contribution < -0.4 is 14.8 Å². The number of halogens is 3. The number of alkyl halides is 3. The Labute approximate surface area is 161 Å². The number of fused-ring (bicyclic) bond motifs is 1. The maximum absolute atomic E-state index is 12.8. The van der Waals surface area contributed by atoms with Gasteiger partial charge in [-0.15, -0.1) is 11.3 Å². The van der Waals surface area contributed by atoms with Crippen LogP contribution in [0.25, 0.3) is 11.3 Å². The van der Waals surface area contributed by atoms with Crippen molar-refractivity contribution >= 4 is 22.4 Å². The highest BCUT2D eigenvalue weighted by atomic mass is 32.1. The van der Waals surface area contributed by atoms with Gasteiger partial charge in [0.1, 0.15) is 0 Å². The highest BCUT2D eigenvalue weighted by molar-refractivity contribution is 7.14. The number of thiazole rings is 1. The number of rotatable bonds is 4. The molecule has 5 nitrogen and oxygen atoms in total. The quantitative estimate of drug-likeness (QED) is 0.680. The molecular weight excluding hydrogens is 393 g/mol. The summed E-state index contributed by atoms with van der Waals surface area (Å²) >= 11 is 1.23. The van der Waals surface area contributed by atoms with Crippen LogP contribution in [0, 0.1) is 0 Å². The van der Waals surface area contributed by atoms with Gasteiger partial charge in [0.2, 0.25) is 12.7 Å². The van der Waals surface area contributed by atoms with Crippen LogP contribution in [0.1, 0.15) is 11.1 Å². The largest absolute Gasteiger partial charge is 0.454 e. The summed E-state index contributed by atoms with van der Waals surface area (Å²) in [7, 11) is 0. The monoisotopic (exact) mass is 406 g/mol. The fourth-order valence-electron chi connectivity index (χ4n) is 2.73. The zero-order valence-corrected chi connectivity index (χ0v) is 15.1. The number of amides is 1. The minimum absolute atomic E-state index is 0.173. The topological polar surface area (TPSA) is 60.5 Å². The van der Waals surface area contributed by atoms with Crippen molar-refractivity contribution in [3.63, 3.8) is 0 Å². The van der Waals surface area contributed by atoms with Crippen LogP contribution in [-0.2, 0) is 17.4 Å². The summed E-state index contributed by atoms with van der Waals surface area (Å²) < 4.78 is 48.9. The number of benzene rings is 2. The van der Waals surface area contributed by atoms with E-state index in [4.69, 9.17) is 9.47 Å². The lowest BCUT2D eigenvalue weighted by atomic mass is 10.1. The number of aromatic nitrogens is 1. The lowest BCUT2D eigenvalue weighted by Crippen LogP contribution is -2.15. The number of nitrogens with zero attached hydrogens (tertiary/aromatic N) is 1. The standard InChI is InChI=1S/C19H13F3N2O3S/c20-19(21,22)13-3-1-2-11(6-13)7-17(25)24-18-23-14(9-28-18)12-4-5-15-16(8-12)27-10-26-15/h1-6,8-9H,7,10H2,(H,23,24,25). The number of ether oxygens (including phenoxy) is 2. The summed E-state index contributed by atoms with van der Waals surface area (Å²) in [5.41, 5.74) is 0.952. The molecule has 144 valence electrons. The van der Waals surface area contributed by atoms with Gasteiger partial charge < -0.3 is 14.8 Å². The lowest BCUT2D eigenvalue weighted by molar-refractivity contribution is -0.137. The van der Waals surface area contributed by atoms with Crippen molar-refractivity contribution in [2.45, 2.75) is 12.6 Å². The average Bonchev–Trinajstić information content (AvgIpc) is 3.29. The summed E-state index contributed by atoms with van der Waals surface area (Å²) in [5.74, 6) is 0.847. The SMILES string of the molecule is O=C(Cc1cccc(C(F)(F)F)c1)Nc1nc(-c2ccc3c(c2)OCO3)cs1. The molecule has 2 aromatic carbocycles. The van der Waals surface area contributed by atoms with Gasteiger partial charge in [0, 0.05) is 10.9 Å². The smallest absolute Gasteiger partial charge is 0.416 e. The van der Waals surface area contributed by atoms with Crippen molar-refractivity contribution in [1.29, 1.82) is 0 Å². The Morgan fingerprint density at radius 1 is 1.14 bits per heavy atom. The van der Waals surface area contributed by atoms with Crippen LogP contribution in [0.5, 0.6) is 11.5 Å². The van der Waals surface area contributed by atoms with E-state index in [1.54, 1.807) is 17.5 Å². The van der Waals surface area contributed by atoms with E-state index in [-0.39, 0.29) is 18.8 Å². The van der Waals surface area contributed by atoms with Crippen LogP contribution in [-0.4, -0.2) is 17.7 Å². The Balaban J connectivity index is 1.43. The van der Waals surface area contributed by atoms with Gasteiger partial charge in [-0.2, -0.15) is 13.2 Å². The van der Waals surface area contributed by atoms with Gasteiger partial charge in [0.15, 0.2) is 16.6 Å². The Morgan fingerprint density at radius 3 is 2.79 bits per heavy atom. The second kappa shape index (κ2) is 7.16. The molecule has 1 N–H and O–H groups in total. The number of hydrogen-bond acceptors (Lipinski definition) is 5. The highest BCUT2D eigenvalue weighted by Crippen LogP contribution is 2.36. The summed E-state index contributed by atoms with van der Waals surface area (Å²) in [6.07, 6.45) is -4.62. The van der Waals surface area contributed by atoms with Crippen molar-refractivity contribution in [3.05, 3.63) is 59.0 Å². The molecule has 0 bridgehead atoms. The molecular formula is C19H13F3N2O3S. The minimum atomic E-state index is -4.44. The predicted octanol–water partition coefficient (Wildman–Crippen LogP) is 4.74. The predicted molar refractivity (Wildman–Crippen MR) is 97.5 cm³/mol. The molecule has 0 unspecified atom stereocenters. The molecule has 28 heavy (non-hydrogen) atoms. The van der Waals surface area contributed by atoms with E-state index < -0.39 is 17.6 Å². The van der Waals surface area contributed by atoms with Crippen LogP contribution in [0.2, 0.25) is 0 Å². The van der Waals surface area contributed by atoms with Crippen molar-refractivity contribution < 1.29 is 27.4 Å². The van der Waals surface area contributed by atoms with Gasteiger partial charge in [-0.1, -0.05) is 18.2 Å². The number of nitrogens with one attached hydrogen (secondary N) is 1. The molecule has 0 atom stereocenters. The molecule has 1 aliphatic rings. The first-order chi connectivity index (χ1) is 13.4. The molecule has 9 heteroatoms. The Morgan fingerprint density at radius 2 is 1.96 bits per heavy atom. The van der Waals surface area contributed by atoms with Crippen molar-refractivity contribution in [2.75, 3.05) is 12.1 Å². The Hall–Kier alpha value is -3.07. The van der Waals surface area contributed by atoms with Gasteiger partial charge >= 0.3 is 6.18 Å². The molecule has 0 fully saturated rings. The van der Waals surface area contributed by atoms with Crippen LogP contribution in [0.15, 0.2) is 47.8 Å². The fourth-order valence-corrected chi connectivity index (χ4v) is 3.46. The average molecular weight is 406 g/mol. The second-order valence-corrected chi connectivity index (χ2v) is 6.89. The minimum Gasteiger partial charge on any atom is -0.454 e. The summed E-state index contributed by atoms with van der Waals surface area (Å²) in [6.45, 7) is 0.173. The van der Waals surface area contributed by atoms with Crippen molar-refractivity contribution in [1.82, 2.24) is 4.98 Å². The number of carbonyl (C=O) groups is 1. The van der Waals surface area contributed by atoms with Gasteiger partial charge in [0.25, 0.3) is 0 Å². The van der Waals surface area contributed by atoms with Crippen LogP contribution in [0.4, 0.5) is 18.3 Å². The highest BCUT2D eigenvalue weighted by Gasteiger charge is 2.30. The van der Waals surface area contributed by atoms with Gasteiger partial charge in [0.05, 0.1) is 17.7 Å². The fraction of sp³-hybridized carbons (Fsp3) is 0.158. The third kappa shape index (κ3) is 3.94. The van der Waals surface area contributed by atoms with E-state index >= 15 is 0 Å². The maximum atomic E-state index is 12.8. The van der Waals surface area contributed by atoms with Crippen molar-refractivity contribution in [2.24, 2.45) is 0 Å². The van der Waals surface area contributed by atoms with Gasteiger partial charge in [-0.25, -0.2) is 4.98 Å². The van der Waals surface area contributed by atoms with E-state index in [1.165, 1.54) is 23.5 Å². The van der Waals surface area contributed by atoms with Gasteiger partial charge in [-0.05, 0) is 29.8 Å². The molecule has 0 saturated carbocycles. The first-order valence-electron chi connectivity index (χ1n) is 8.20. The van der Waals surface area contributed by atoms with Crippen LogP contribution >= 0.6 is 11.3 Å². The van der Waals surface area contributed by atoms with E-state index in [0.29, 0.717) is 22.3 Å². The summed E-state index contributed by atoms with van der Waals surface area (Å²) in [4.78, 5) is 16.5. The molecule has 2 heterocycles. The Kier molecular flexibility index (Phi) is 4.68. The maximum Gasteiger partial charge on any atom is 0.416 e. The van der Waals surface area contributed by atoms with E-state index in [9.17, 15) is 18.0 Å². The number of anilines is 1. The molecule has 4 rings (SSSR count). The van der Waals surface area contributed by atoms with E-state index in [2.05, 4.69) is 10.3 Å². The first-order valence-corrected chi connectivity index (χ1v) is 9.08. The summed E-state index contributed by atoms with van der Waals surface area (Å²) in [5, 5.41) is 4.76. The third-order valence-corrected chi connectivity index (χ3v) is 4.80. The molecule has 1 aliphatic heterocycles. The van der Waals surface area contributed by atoms with E-state index in [0.717, 1.165) is 17.7 Å². The zero-order valence-electron chi connectivity index (χ0n) is 14.2. The van der Waals surface area contributed by atoms with Crippen molar-refractivity contribution in [3.8, 4) is 22.8 Å². The van der Waals surface area contributed by atoms with Crippen LogP contribution in [0.3, 0.4) is 0 Å². The number of hydrogen-bond donors (Lipinski definition) is 1. The third-order valence-electron chi connectivity index (χ3n) is 4.04. The molecule has 0 saturated heterocycles.